The molecule has 0 aliphatic rings. The van der Waals surface area contributed by atoms with Crippen molar-refractivity contribution in [1.82, 2.24) is 0 Å². The summed E-state index contributed by atoms with van der Waals surface area (Å²) >= 11 is 0. The molecule has 0 N–H and O–H groups in total. The van der Waals surface area contributed by atoms with Gasteiger partial charge in [-0.3, -0.25) is 0 Å². The number of hydrogen-bond acceptors (Lipinski definition) is 1. The average molecular weight is 186 g/mol. The second-order valence-corrected chi connectivity index (χ2v) is 5.38. The molecule has 0 aliphatic heterocycles. The van der Waals surface area contributed by atoms with Crippen LogP contribution >= 0.6 is 0 Å². The first-order chi connectivity index (χ1) is 5.86. The van der Waals surface area contributed by atoms with E-state index in [1.165, 1.54) is 6.42 Å². The zero-order valence-electron chi connectivity index (χ0n) is 10.2. The molecule has 0 aromatic heterocycles. The first kappa shape index (κ1) is 13.0. The van der Waals surface area contributed by atoms with Crippen molar-refractivity contribution in [3.05, 3.63) is 0 Å². The Morgan fingerprint density at radius 1 is 1.08 bits per heavy atom. The molecule has 0 unspecified atom stereocenters. The SMILES string of the molecule is CC(C)CCOCC(C)(C)C(C)C. The number of hydrogen-bond donors (Lipinski definition) is 0. The van der Waals surface area contributed by atoms with Crippen LogP contribution in [0.15, 0.2) is 0 Å². The van der Waals surface area contributed by atoms with Gasteiger partial charge >= 0.3 is 0 Å². The highest BCUT2D eigenvalue weighted by Crippen LogP contribution is 2.26. The van der Waals surface area contributed by atoms with E-state index in [9.17, 15) is 0 Å². The van der Waals surface area contributed by atoms with E-state index in [0.717, 1.165) is 19.1 Å². The molecule has 0 rings (SSSR count). The van der Waals surface area contributed by atoms with Gasteiger partial charge in [0.05, 0.1) is 6.61 Å². The molecule has 0 saturated carbocycles. The van der Waals surface area contributed by atoms with E-state index in [1.54, 1.807) is 0 Å². The fraction of sp³-hybridized carbons (Fsp3) is 1.00. The molecule has 0 fully saturated rings. The van der Waals surface area contributed by atoms with Gasteiger partial charge in [0.25, 0.3) is 0 Å². The van der Waals surface area contributed by atoms with Crippen molar-refractivity contribution < 1.29 is 4.74 Å². The average Bonchev–Trinajstić information content (AvgIpc) is 1.97. The van der Waals surface area contributed by atoms with E-state index < -0.39 is 0 Å². The van der Waals surface area contributed by atoms with E-state index in [1.807, 2.05) is 0 Å². The van der Waals surface area contributed by atoms with Crippen LogP contribution in [0, 0.1) is 17.3 Å². The molecule has 0 radical (unpaired) electrons. The summed E-state index contributed by atoms with van der Waals surface area (Å²) in [6.45, 7) is 15.3. The number of ether oxygens (including phenoxy) is 1. The lowest BCUT2D eigenvalue weighted by Gasteiger charge is -2.28. The summed E-state index contributed by atoms with van der Waals surface area (Å²) in [4.78, 5) is 0. The monoisotopic (exact) mass is 186 g/mol. The topological polar surface area (TPSA) is 9.23 Å². The van der Waals surface area contributed by atoms with Crippen molar-refractivity contribution in [3.63, 3.8) is 0 Å². The third kappa shape index (κ3) is 6.09. The van der Waals surface area contributed by atoms with E-state index in [2.05, 4.69) is 41.5 Å². The minimum Gasteiger partial charge on any atom is -0.381 e. The molecule has 0 aromatic rings. The third-order valence-corrected chi connectivity index (χ3v) is 2.88. The van der Waals surface area contributed by atoms with Gasteiger partial charge in [0.15, 0.2) is 0 Å². The van der Waals surface area contributed by atoms with Crippen LogP contribution in [0.4, 0.5) is 0 Å². The van der Waals surface area contributed by atoms with Gasteiger partial charge in [0.2, 0.25) is 0 Å². The van der Waals surface area contributed by atoms with Gasteiger partial charge in [0, 0.05) is 6.61 Å². The van der Waals surface area contributed by atoms with Crippen LogP contribution in [0.5, 0.6) is 0 Å². The van der Waals surface area contributed by atoms with Crippen LogP contribution in [0.25, 0.3) is 0 Å². The van der Waals surface area contributed by atoms with E-state index in [0.29, 0.717) is 11.3 Å². The molecule has 0 atom stereocenters. The Labute approximate surface area is 83.9 Å². The zero-order chi connectivity index (χ0) is 10.5. The van der Waals surface area contributed by atoms with E-state index in [-0.39, 0.29) is 0 Å². The maximum Gasteiger partial charge on any atom is 0.0519 e. The molecule has 1 nitrogen and oxygen atoms in total. The molecular weight excluding hydrogens is 160 g/mol. The zero-order valence-corrected chi connectivity index (χ0v) is 10.2. The van der Waals surface area contributed by atoms with Crippen molar-refractivity contribution in [2.24, 2.45) is 17.3 Å². The van der Waals surface area contributed by atoms with Crippen LogP contribution < -0.4 is 0 Å². The molecule has 0 aromatic carbocycles. The highest BCUT2D eigenvalue weighted by Gasteiger charge is 2.22. The lowest BCUT2D eigenvalue weighted by molar-refractivity contribution is 0.0328. The Balaban J connectivity index is 3.52. The molecule has 0 amide bonds. The van der Waals surface area contributed by atoms with Crippen molar-refractivity contribution >= 4 is 0 Å². The summed E-state index contributed by atoms with van der Waals surface area (Å²) < 4.78 is 5.67. The fourth-order valence-corrected chi connectivity index (χ4v) is 0.821. The second kappa shape index (κ2) is 5.64. The van der Waals surface area contributed by atoms with Gasteiger partial charge in [-0.05, 0) is 23.7 Å². The Morgan fingerprint density at radius 2 is 1.62 bits per heavy atom. The Bertz CT molecular complexity index is 125. The quantitative estimate of drug-likeness (QED) is 0.574. The maximum absolute atomic E-state index is 5.67. The fourth-order valence-electron chi connectivity index (χ4n) is 0.821. The van der Waals surface area contributed by atoms with Gasteiger partial charge in [-0.15, -0.1) is 0 Å². The Kier molecular flexibility index (Phi) is 5.62. The normalized spacial score (nSPS) is 12.9. The van der Waals surface area contributed by atoms with Crippen LogP contribution in [0.1, 0.15) is 48.0 Å². The summed E-state index contributed by atoms with van der Waals surface area (Å²) in [5, 5.41) is 0. The minimum atomic E-state index is 0.316. The summed E-state index contributed by atoms with van der Waals surface area (Å²) in [5.74, 6) is 1.44. The highest BCUT2D eigenvalue weighted by atomic mass is 16.5. The minimum absolute atomic E-state index is 0.316. The van der Waals surface area contributed by atoms with Gasteiger partial charge in [-0.2, -0.15) is 0 Å². The molecule has 0 aliphatic carbocycles. The largest absolute Gasteiger partial charge is 0.381 e. The summed E-state index contributed by atoms with van der Waals surface area (Å²) in [6, 6.07) is 0. The van der Waals surface area contributed by atoms with Crippen molar-refractivity contribution in [2.45, 2.75) is 48.0 Å². The summed E-state index contributed by atoms with van der Waals surface area (Å²) in [6.07, 6.45) is 1.17. The molecule has 0 heterocycles. The van der Waals surface area contributed by atoms with Crippen LogP contribution in [0.3, 0.4) is 0 Å². The van der Waals surface area contributed by atoms with E-state index in [4.69, 9.17) is 4.74 Å². The summed E-state index contributed by atoms with van der Waals surface area (Å²) in [5.41, 5.74) is 0.316. The second-order valence-electron chi connectivity index (χ2n) is 5.38. The first-order valence-electron chi connectivity index (χ1n) is 5.44. The Morgan fingerprint density at radius 3 is 2.00 bits per heavy atom. The molecule has 0 spiro atoms. The molecular formula is C12H26O. The predicted molar refractivity (Wildman–Crippen MR) is 58.9 cm³/mol. The van der Waals surface area contributed by atoms with Gasteiger partial charge in [-0.1, -0.05) is 41.5 Å². The van der Waals surface area contributed by atoms with Crippen molar-refractivity contribution in [1.29, 1.82) is 0 Å². The molecule has 0 saturated heterocycles. The number of rotatable bonds is 6. The molecule has 80 valence electrons. The maximum atomic E-state index is 5.67. The molecule has 13 heavy (non-hydrogen) atoms. The lowest BCUT2D eigenvalue weighted by atomic mass is 9.82. The van der Waals surface area contributed by atoms with Crippen LogP contribution in [0.2, 0.25) is 0 Å². The predicted octanol–water partition coefficient (Wildman–Crippen LogP) is 3.73. The standard InChI is InChI=1S/C12H26O/c1-10(2)7-8-13-9-12(5,6)11(3)4/h10-11H,7-9H2,1-6H3. The van der Waals surface area contributed by atoms with E-state index >= 15 is 0 Å². The van der Waals surface area contributed by atoms with Crippen molar-refractivity contribution in [3.8, 4) is 0 Å². The third-order valence-electron chi connectivity index (χ3n) is 2.88. The lowest BCUT2D eigenvalue weighted by Crippen LogP contribution is -2.25. The van der Waals surface area contributed by atoms with Crippen LogP contribution in [-0.4, -0.2) is 13.2 Å². The van der Waals surface area contributed by atoms with Crippen LogP contribution in [-0.2, 0) is 4.74 Å². The molecule has 0 bridgehead atoms. The Hall–Kier alpha value is -0.0400. The van der Waals surface area contributed by atoms with Crippen molar-refractivity contribution in [2.75, 3.05) is 13.2 Å². The van der Waals surface area contributed by atoms with Gasteiger partial charge in [0.1, 0.15) is 0 Å². The summed E-state index contributed by atoms with van der Waals surface area (Å²) in [7, 11) is 0. The van der Waals surface area contributed by atoms with Gasteiger partial charge < -0.3 is 4.74 Å². The highest BCUT2D eigenvalue weighted by molar-refractivity contribution is 4.71. The molecule has 1 heteroatoms. The first-order valence-corrected chi connectivity index (χ1v) is 5.44. The smallest absolute Gasteiger partial charge is 0.0519 e. The van der Waals surface area contributed by atoms with Gasteiger partial charge in [-0.25, -0.2) is 0 Å².